The van der Waals surface area contributed by atoms with Gasteiger partial charge in [-0.05, 0) is 52.3 Å². The molecule has 5 heteroatoms. The second-order valence-corrected chi connectivity index (χ2v) is 5.69. The molecule has 0 unspecified atom stereocenters. The summed E-state index contributed by atoms with van der Waals surface area (Å²) in [6.07, 6.45) is 1.67. The monoisotopic (exact) mass is 360 g/mol. The highest BCUT2D eigenvalue weighted by Crippen LogP contribution is 2.28. The van der Waals surface area contributed by atoms with Gasteiger partial charge in [0.1, 0.15) is 0 Å². The summed E-state index contributed by atoms with van der Waals surface area (Å²) in [7, 11) is 0. The lowest BCUT2D eigenvalue weighted by molar-refractivity contribution is 0.102. The lowest BCUT2D eigenvalue weighted by Crippen LogP contribution is -2.12. The normalized spacial score (nSPS) is 10.6. The van der Waals surface area contributed by atoms with Gasteiger partial charge in [0.2, 0.25) is 0 Å². The lowest BCUT2D eigenvalue weighted by Gasteiger charge is -2.10. The summed E-state index contributed by atoms with van der Waals surface area (Å²) in [6.45, 7) is 0. The molecule has 0 aliphatic carbocycles. The van der Waals surface area contributed by atoms with Gasteiger partial charge in [-0.2, -0.15) is 0 Å². The number of halogens is 2. The van der Waals surface area contributed by atoms with Crippen molar-refractivity contribution in [3.63, 3.8) is 0 Å². The lowest BCUT2D eigenvalue weighted by atomic mass is 10.1. The average Bonchev–Trinajstić information content (AvgIpc) is 2.51. The molecule has 104 valence electrons. The van der Waals surface area contributed by atoms with Gasteiger partial charge in [-0.25, -0.2) is 0 Å². The Bertz CT molecular complexity index is 835. The molecule has 1 aromatic heterocycles. The van der Waals surface area contributed by atoms with E-state index in [1.165, 1.54) is 0 Å². The van der Waals surface area contributed by atoms with Crippen LogP contribution in [0.15, 0.2) is 59.2 Å². The fraction of sp³-hybridized carbons (Fsp3) is 0. The van der Waals surface area contributed by atoms with Crippen LogP contribution in [0.2, 0.25) is 5.02 Å². The third-order valence-electron chi connectivity index (χ3n) is 3.09. The van der Waals surface area contributed by atoms with Crippen molar-refractivity contribution >= 4 is 50.0 Å². The first-order valence-corrected chi connectivity index (χ1v) is 7.43. The number of aromatic nitrogens is 1. The number of carbonyl (C=O) groups excluding carboxylic acids is 1. The molecular weight excluding hydrogens is 352 g/mol. The van der Waals surface area contributed by atoms with Gasteiger partial charge in [0, 0.05) is 16.1 Å². The number of carbonyl (C=O) groups is 1. The summed E-state index contributed by atoms with van der Waals surface area (Å²) in [5.74, 6) is -0.185. The number of pyridine rings is 1. The van der Waals surface area contributed by atoms with Gasteiger partial charge in [-0.1, -0.05) is 23.7 Å². The highest BCUT2D eigenvalue weighted by molar-refractivity contribution is 9.10. The maximum absolute atomic E-state index is 12.4. The minimum atomic E-state index is -0.185. The second kappa shape index (κ2) is 5.84. The quantitative estimate of drug-likeness (QED) is 0.705. The van der Waals surface area contributed by atoms with Crippen molar-refractivity contribution in [1.29, 1.82) is 0 Å². The molecule has 3 nitrogen and oxygen atoms in total. The summed E-state index contributed by atoms with van der Waals surface area (Å²) < 4.78 is 0.749. The second-order valence-electron chi connectivity index (χ2n) is 4.43. The van der Waals surface area contributed by atoms with E-state index < -0.39 is 0 Å². The Morgan fingerprint density at radius 3 is 2.71 bits per heavy atom. The Labute approximate surface area is 135 Å². The Hall–Kier alpha value is -1.91. The molecule has 1 heterocycles. The van der Waals surface area contributed by atoms with E-state index >= 15 is 0 Å². The van der Waals surface area contributed by atoms with Crippen LogP contribution in [0.25, 0.3) is 10.9 Å². The summed E-state index contributed by atoms with van der Waals surface area (Å²) in [5.41, 5.74) is 1.93. The van der Waals surface area contributed by atoms with Crippen LogP contribution in [0.4, 0.5) is 5.69 Å². The smallest absolute Gasteiger partial charge is 0.256 e. The van der Waals surface area contributed by atoms with Crippen LogP contribution < -0.4 is 5.32 Å². The summed E-state index contributed by atoms with van der Waals surface area (Å²) >= 11 is 9.50. The molecule has 2 aromatic carbocycles. The van der Waals surface area contributed by atoms with E-state index in [1.54, 1.807) is 24.4 Å². The fourth-order valence-electron chi connectivity index (χ4n) is 2.08. The number of hydrogen-bond donors (Lipinski definition) is 1. The van der Waals surface area contributed by atoms with Gasteiger partial charge in [0.25, 0.3) is 5.91 Å². The van der Waals surface area contributed by atoms with Gasteiger partial charge in [-0.3, -0.25) is 9.78 Å². The highest BCUT2D eigenvalue weighted by Gasteiger charge is 2.12. The van der Waals surface area contributed by atoms with Crippen LogP contribution >= 0.6 is 27.5 Å². The molecule has 0 atom stereocenters. The molecule has 0 fully saturated rings. The van der Waals surface area contributed by atoms with E-state index in [4.69, 9.17) is 11.6 Å². The molecule has 21 heavy (non-hydrogen) atoms. The predicted octanol–water partition coefficient (Wildman–Crippen LogP) is 4.90. The van der Waals surface area contributed by atoms with E-state index in [-0.39, 0.29) is 5.91 Å². The zero-order chi connectivity index (χ0) is 14.8. The van der Waals surface area contributed by atoms with Gasteiger partial charge in [-0.15, -0.1) is 0 Å². The van der Waals surface area contributed by atoms with Crippen molar-refractivity contribution in [2.24, 2.45) is 0 Å². The van der Waals surface area contributed by atoms with Gasteiger partial charge in [0.15, 0.2) is 0 Å². The van der Waals surface area contributed by atoms with Crippen molar-refractivity contribution in [3.05, 3.63) is 69.8 Å². The van der Waals surface area contributed by atoms with Crippen molar-refractivity contribution < 1.29 is 4.79 Å². The van der Waals surface area contributed by atoms with E-state index in [2.05, 4.69) is 26.2 Å². The van der Waals surface area contributed by atoms with Crippen molar-refractivity contribution in [3.8, 4) is 0 Å². The minimum Gasteiger partial charge on any atom is -0.321 e. The van der Waals surface area contributed by atoms with Crippen molar-refractivity contribution in [2.75, 3.05) is 5.32 Å². The average molecular weight is 362 g/mol. The number of rotatable bonds is 2. The molecule has 0 aliphatic heterocycles. The van der Waals surface area contributed by atoms with Crippen molar-refractivity contribution in [1.82, 2.24) is 4.98 Å². The number of anilines is 1. The van der Waals surface area contributed by atoms with Gasteiger partial charge in [0.05, 0.1) is 21.8 Å². The van der Waals surface area contributed by atoms with Crippen LogP contribution in [0.3, 0.4) is 0 Å². The number of nitrogens with one attached hydrogen (secondary N) is 1. The van der Waals surface area contributed by atoms with Crippen LogP contribution in [0, 0.1) is 0 Å². The standard InChI is InChI=1S/C16H10BrClN2O/c17-12-6-2-1-4-10(12)16(21)20-14-8-7-13(18)15-11(14)5-3-9-19-15/h1-9H,(H,20,21). The Morgan fingerprint density at radius 2 is 1.90 bits per heavy atom. The first kappa shape index (κ1) is 14.0. The molecule has 1 amide bonds. The molecule has 1 N–H and O–H groups in total. The maximum atomic E-state index is 12.4. The zero-order valence-electron chi connectivity index (χ0n) is 10.8. The molecule has 3 aromatic rings. The van der Waals surface area contributed by atoms with Crippen LogP contribution in [-0.2, 0) is 0 Å². The third kappa shape index (κ3) is 2.77. The molecule has 3 rings (SSSR count). The Morgan fingerprint density at radius 1 is 1.10 bits per heavy atom. The molecular formula is C16H10BrClN2O. The van der Waals surface area contributed by atoms with E-state index in [0.29, 0.717) is 21.8 Å². The Kier molecular flexibility index (Phi) is 3.90. The van der Waals surface area contributed by atoms with Crippen LogP contribution in [0.1, 0.15) is 10.4 Å². The topological polar surface area (TPSA) is 42.0 Å². The van der Waals surface area contributed by atoms with E-state index in [9.17, 15) is 4.79 Å². The van der Waals surface area contributed by atoms with Crippen molar-refractivity contribution in [2.45, 2.75) is 0 Å². The highest BCUT2D eigenvalue weighted by atomic mass is 79.9. The summed E-state index contributed by atoms with van der Waals surface area (Å²) in [6, 6.07) is 14.5. The molecule has 0 radical (unpaired) electrons. The molecule has 0 aliphatic rings. The van der Waals surface area contributed by atoms with Crippen LogP contribution in [-0.4, -0.2) is 10.9 Å². The summed E-state index contributed by atoms with van der Waals surface area (Å²) in [5, 5.41) is 4.27. The van der Waals surface area contributed by atoms with E-state index in [1.807, 2.05) is 30.3 Å². The number of hydrogen-bond acceptors (Lipinski definition) is 2. The molecule has 0 saturated carbocycles. The SMILES string of the molecule is O=C(Nc1ccc(Cl)c2ncccc12)c1ccccc1Br. The van der Waals surface area contributed by atoms with Gasteiger partial charge >= 0.3 is 0 Å². The number of amides is 1. The first-order valence-electron chi connectivity index (χ1n) is 6.26. The molecule has 0 spiro atoms. The molecule has 0 saturated heterocycles. The maximum Gasteiger partial charge on any atom is 0.256 e. The van der Waals surface area contributed by atoms with Gasteiger partial charge < -0.3 is 5.32 Å². The largest absolute Gasteiger partial charge is 0.321 e. The summed E-state index contributed by atoms with van der Waals surface area (Å²) in [4.78, 5) is 16.6. The molecule has 0 bridgehead atoms. The minimum absolute atomic E-state index is 0.185. The predicted molar refractivity (Wildman–Crippen MR) is 88.8 cm³/mol. The van der Waals surface area contributed by atoms with E-state index in [0.717, 1.165) is 9.86 Å². The number of fused-ring (bicyclic) bond motifs is 1. The first-order chi connectivity index (χ1) is 10.2. The number of nitrogens with zero attached hydrogens (tertiary/aromatic N) is 1. The fourth-order valence-corrected chi connectivity index (χ4v) is 2.76. The van der Waals surface area contributed by atoms with Crippen LogP contribution in [0.5, 0.6) is 0 Å². The third-order valence-corrected chi connectivity index (χ3v) is 4.08. The number of benzene rings is 2. The zero-order valence-corrected chi connectivity index (χ0v) is 13.1. The Balaban J connectivity index is 2.01.